The first-order valence-corrected chi connectivity index (χ1v) is 22.4. The fourth-order valence-electron chi connectivity index (χ4n) is 9.23. The highest BCUT2D eigenvalue weighted by atomic mass is 32.2. The predicted molar refractivity (Wildman–Crippen MR) is 213 cm³/mol. The van der Waals surface area contributed by atoms with E-state index in [-0.39, 0.29) is 25.0 Å². The number of nitrogens with one attached hydrogen (secondary N) is 3. The van der Waals surface area contributed by atoms with Crippen LogP contribution in [0, 0.1) is 29.1 Å². The van der Waals surface area contributed by atoms with E-state index in [4.69, 9.17) is 19.2 Å². The molecule has 2 aliphatic heterocycles. The third kappa shape index (κ3) is 8.95. The van der Waals surface area contributed by atoms with Gasteiger partial charge in [-0.15, -0.1) is 0 Å². The summed E-state index contributed by atoms with van der Waals surface area (Å²) in [6.07, 6.45) is -0.0780. The van der Waals surface area contributed by atoms with Gasteiger partial charge in [0.15, 0.2) is 0 Å². The second-order valence-electron chi connectivity index (χ2n) is 18.5. The number of sulfonamides is 1. The Hall–Kier alpha value is -4.28. The summed E-state index contributed by atoms with van der Waals surface area (Å²) in [4.78, 5) is 62.5. The summed E-state index contributed by atoms with van der Waals surface area (Å²) < 4.78 is 74.0. The van der Waals surface area contributed by atoms with Crippen molar-refractivity contribution in [3.8, 4) is 11.6 Å². The second kappa shape index (κ2) is 16.3. The Morgan fingerprint density at radius 2 is 1.80 bits per heavy atom. The first-order chi connectivity index (χ1) is 27.8. The van der Waals surface area contributed by atoms with Crippen LogP contribution in [0.2, 0.25) is 0 Å². The SMILES string of the molecule is COc1ccc2cc3c(nc2c1)O[C@@H]1C[C@@H](C(=O)N[C@]2(C(=O)NS(=O)(=O)C4CC4)CC2C(F)F)N(C1)C(=O)[C@H](C(C)(C)C)NC(=O)O[C@@H]1C[C@H](C)[C@H](C)[C@H]1CCCCC3. The number of hydrogen-bond donors (Lipinski definition) is 3. The molecular formula is C42H57F2N5O9S. The fraction of sp³-hybridized carbons (Fsp3) is 0.690. The molecule has 0 radical (unpaired) electrons. The minimum atomic E-state index is -4.13. The number of pyridine rings is 1. The van der Waals surface area contributed by atoms with Gasteiger partial charge in [-0.2, -0.15) is 0 Å². The third-order valence-electron chi connectivity index (χ3n) is 13.2. The first-order valence-electron chi connectivity index (χ1n) is 20.9. The molecule has 7 rings (SSSR count). The molecule has 3 N–H and O–H groups in total. The number of ether oxygens (including phenoxy) is 3. The lowest BCUT2D eigenvalue weighted by Crippen LogP contribution is -2.60. The van der Waals surface area contributed by atoms with E-state index in [9.17, 15) is 36.4 Å². The normalized spacial score (nSPS) is 31.8. The van der Waals surface area contributed by atoms with Crippen molar-refractivity contribution in [3.63, 3.8) is 0 Å². The maximum absolute atomic E-state index is 14.8. The van der Waals surface area contributed by atoms with E-state index < -0.39 is 87.0 Å². The van der Waals surface area contributed by atoms with Crippen LogP contribution in [0.1, 0.15) is 98.0 Å². The van der Waals surface area contributed by atoms with Gasteiger partial charge < -0.3 is 29.7 Å². The molecule has 1 aromatic carbocycles. The Kier molecular flexibility index (Phi) is 11.8. The van der Waals surface area contributed by atoms with Gasteiger partial charge in [0.25, 0.3) is 5.91 Å². The number of methoxy groups -OCH3 is 1. The zero-order chi connectivity index (χ0) is 42.6. The van der Waals surface area contributed by atoms with Crippen LogP contribution < -0.4 is 24.8 Å². The Morgan fingerprint density at radius 1 is 1.05 bits per heavy atom. The average Bonchev–Trinajstić information content (AvgIpc) is 4.09. The van der Waals surface area contributed by atoms with Gasteiger partial charge in [0, 0.05) is 23.4 Å². The number of alkyl carbamates (subject to hydrolysis) is 1. The van der Waals surface area contributed by atoms with Crippen molar-refractivity contribution in [2.45, 2.75) is 140 Å². The maximum atomic E-state index is 14.8. The van der Waals surface area contributed by atoms with Crippen LogP contribution in [0.4, 0.5) is 13.6 Å². The van der Waals surface area contributed by atoms with Crippen molar-refractivity contribution >= 4 is 44.7 Å². The number of aryl methyl sites for hydroxylation is 1. The van der Waals surface area contributed by atoms with Gasteiger partial charge in [-0.05, 0) is 86.3 Å². The summed E-state index contributed by atoms with van der Waals surface area (Å²) in [5.41, 5.74) is -1.66. The van der Waals surface area contributed by atoms with Crippen LogP contribution in [-0.4, -0.2) is 97.3 Å². The van der Waals surface area contributed by atoms with E-state index in [1.165, 1.54) is 4.90 Å². The van der Waals surface area contributed by atoms with E-state index in [0.717, 1.165) is 36.6 Å². The molecule has 3 saturated carbocycles. The standard InChI is InChI=1S/C42H57F2N5O9S/c1-22-16-33-29(23(22)2)11-9-7-8-10-25-17-24-12-13-26(56-6)18-31(24)45-37(25)57-27-19-32(49(21-27)38(51)34(41(3,4)5)46-40(53)58-33)36(50)47-42(20-30(42)35(43)44)39(52)48-59(54,55)28-14-15-28/h12-13,17-18,22-23,27-30,32-35H,7-11,14-16,19-21H2,1-6H3,(H,46,53)(H,47,50)(H,48,52)/t22-,23-,27+,29+,30?,32-,33+,34+,42+/m0/s1. The highest BCUT2D eigenvalue weighted by molar-refractivity contribution is 7.91. The zero-order valence-electron chi connectivity index (χ0n) is 34.6. The van der Waals surface area contributed by atoms with Crippen LogP contribution in [0.5, 0.6) is 11.6 Å². The van der Waals surface area contributed by atoms with Gasteiger partial charge in [0.2, 0.25) is 34.1 Å². The molecule has 0 spiro atoms. The van der Waals surface area contributed by atoms with Gasteiger partial charge in [-0.1, -0.05) is 47.5 Å². The number of carbonyl (C=O) groups excluding carboxylic acids is 4. The Bertz CT molecular complexity index is 2080. The lowest BCUT2D eigenvalue weighted by molar-refractivity contribution is -0.143. The van der Waals surface area contributed by atoms with E-state index in [1.54, 1.807) is 33.9 Å². The maximum Gasteiger partial charge on any atom is 0.408 e. The van der Waals surface area contributed by atoms with Gasteiger partial charge in [-0.3, -0.25) is 19.1 Å². The summed E-state index contributed by atoms with van der Waals surface area (Å²) >= 11 is 0. The molecule has 1 aromatic heterocycles. The van der Waals surface area contributed by atoms with Crippen LogP contribution in [0.25, 0.3) is 10.9 Å². The highest BCUT2D eigenvalue weighted by Gasteiger charge is 2.67. The summed E-state index contributed by atoms with van der Waals surface area (Å²) in [7, 11) is -2.58. The van der Waals surface area contributed by atoms with E-state index in [1.807, 2.05) is 22.9 Å². The molecule has 5 aliphatic rings. The van der Waals surface area contributed by atoms with Crippen LogP contribution >= 0.6 is 0 Å². The average molecular weight is 846 g/mol. The highest BCUT2D eigenvalue weighted by Crippen LogP contribution is 2.49. The smallest absolute Gasteiger partial charge is 0.408 e. The largest absolute Gasteiger partial charge is 0.497 e. The van der Waals surface area contributed by atoms with Crippen LogP contribution in [0.3, 0.4) is 0 Å². The summed E-state index contributed by atoms with van der Waals surface area (Å²) in [6, 6.07) is 5.01. The van der Waals surface area contributed by atoms with Crippen LogP contribution in [0.15, 0.2) is 24.3 Å². The molecule has 4 fully saturated rings. The zero-order valence-corrected chi connectivity index (χ0v) is 35.4. The molecule has 3 heterocycles. The van der Waals surface area contributed by atoms with E-state index >= 15 is 0 Å². The number of benzene rings is 1. The number of halogens is 2. The summed E-state index contributed by atoms with van der Waals surface area (Å²) in [5.74, 6) is -2.77. The molecule has 17 heteroatoms. The Balaban J connectivity index is 1.24. The molecule has 9 atom stereocenters. The van der Waals surface area contributed by atoms with Crippen molar-refractivity contribution in [1.29, 1.82) is 0 Å². The fourth-order valence-corrected chi connectivity index (χ4v) is 10.6. The molecule has 324 valence electrons. The summed E-state index contributed by atoms with van der Waals surface area (Å²) in [5, 5.41) is 5.34. The van der Waals surface area contributed by atoms with Gasteiger partial charge in [0.05, 0.1) is 30.3 Å². The van der Waals surface area contributed by atoms with Crippen molar-refractivity contribution in [2.75, 3.05) is 13.7 Å². The van der Waals surface area contributed by atoms with Gasteiger partial charge in [0.1, 0.15) is 35.6 Å². The quantitative estimate of drug-likeness (QED) is 0.333. The predicted octanol–water partition coefficient (Wildman–Crippen LogP) is 5.26. The number of carbonyl (C=O) groups is 4. The van der Waals surface area contributed by atoms with E-state index in [2.05, 4.69) is 24.5 Å². The molecule has 3 aliphatic carbocycles. The molecule has 14 nitrogen and oxygen atoms in total. The molecule has 2 aromatic rings. The topological polar surface area (TPSA) is 182 Å². The number of hydrogen-bond acceptors (Lipinski definition) is 10. The molecule has 2 bridgehead atoms. The van der Waals surface area contributed by atoms with E-state index in [0.29, 0.717) is 54.7 Å². The van der Waals surface area contributed by atoms with Crippen LogP contribution in [-0.2, 0) is 35.6 Å². The summed E-state index contributed by atoms with van der Waals surface area (Å²) in [6.45, 7) is 9.48. The first kappa shape index (κ1) is 42.8. The number of alkyl halides is 2. The monoisotopic (exact) mass is 845 g/mol. The second-order valence-corrected chi connectivity index (χ2v) is 20.5. The number of rotatable bonds is 7. The molecule has 59 heavy (non-hydrogen) atoms. The van der Waals surface area contributed by atoms with Gasteiger partial charge in [-0.25, -0.2) is 27.0 Å². The lowest BCUT2D eigenvalue weighted by atomic mass is 9.85. The van der Waals surface area contributed by atoms with Crippen molar-refractivity contribution < 1.29 is 50.6 Å². The number of fused-ring (bicyclic) bond motifs is 5. The minimum absolute atomic E-state index is 0.118. The molecular weight excluding hydrogens is 789 g/mol. The van der Waals surface area contributed by atoms with Crippen molar-refractivity contribution in [2.24, 2.45) is 29.1 Å². The minimum Gasteiger partial charge on any atom is -0.497 e. The Morgan fingerprint density at radius 3 is 2.46 bits per heavy atom. The van der Waals surface area contributed by atoms with Crippen molar-refractivity contribution in [3.05, 3.63) is 29.8 Å². The Labute approximate surface area is 344 Å². The molecule has 1 saturated heterocycles. The molecule has 1 unspecified atom stereocenters. The van der Waals surface area contributed by atoms with Crippen molar-refractivity contribution in [1.82, 2.24) is 25.2 Å². The molecule has 4 amide bonds. The third-order valence-corrected chi connectivity index (χ3v) is 15.0. The number of amides is 4. The number of aromatic nitrogens is 1. The lowest BCUT2D eigenvalue weighted by Gasteiger charge is -2.35. The van der Waals surface area contributed by atoms with Gasteiger partial charge >= 0.3 is 6.09 Å². The number of nitrogens with zero attached hydrogens (tertiary/aromatic N) is 2.